The van der Waals surface area contributed by atoms with Crippen molar-refractivity contribution in [3.63, 3.8) is 0 Å². The summed E-state index contributed by atoms with van der Waals surface area (Å²) < 4.78 is 1.65. The van der Waals surface area contributed by atoms with Crippen LogP contribution < -0.4 is 5.32 Å². The predicted molar refractivity (Wildman–Crippen MR) is 65.8 cm³/mol. The first-order chi connectivity index (χ1) is 8.04. The van der Waals surface area contributed by atoms with Crippen molar-refractivity contribution in [2.75, 3.05) is 5.32 Å². The fraction of sp³-hybridized carbons (Fsp3) is 0.417. The summed E-state index contributed by atoms with van der Waals surface area (Å²) in [7, 11) is 0. The first kappa shape index (κ1) is 11.6. The number of amides is 1. The summed E-state index contributed by atoms with van der Waals surface area (Å²) in [6.45, 7) is 5.99. The van der Waals surface area contributed by atoms with E-state index in [0.717, 1.165) is 11.2 Å². The average Bonchev–Trinajstić information content (AvgIpc) is 2.57. The summed E-state index contributed by atoms with van der Waals surface area (Å²) in [6, 6.07) is 3.87. The Morgan fingerprint density at radius 1 is 1.53 bits per heavy atom. The Hall–Kier alpha value is -1.91. The Morgan fingerprint density at radius 2 is 2.29 bits per heavy atom. The number of carbonyl (C=O) groups is 1. The van der Waals surface area contributed by atoms with Crippen LogP contribution in [0.2, 0.25) is 0 Å². The molecule has 0 aromatic carbocycles. The van der Waals surface area contributed by atoms with E-state index in [9.17, 15) is 4.79 Å². The summed E-state index contributed by atoms with van der Waals surface area (Å²) in [5.74, 6) is 0.642. The minimum atomic E-state index is -0.0485. The summed E-state index contributed by atoms with van der Waals surface area (Å²) in [4.78, 5) is 15.8. The molecule has 17 heavy (non-hydrogen) atoms. The van der Waals surface area contributed by atoms with E-state index >= 15 is 0 Å². The van der Waals surface area contributed by atoms with Crippen LogP contribution in [0.4, 0.5) is 5.95 Å². The van der Waals surface area contributed by atoms with Gasteiger partial charge in [-0.15, -0.1) is 5.10 Å². The van der Waals surface area contributed by atoms with Gasteiger partial charge >= 0.3 is 0 Å². The average molecular weight is 232 g/mol. The fourth-order valence-electron chi connectivity index (χ4n) is 1.58. The van der Waals surface area contributed by atoms with Gasteiger partial charge in [-0.05, 0) is 30.5 Å². The van der Waals surface area contributed by atoms with Gasteiger partial charge in [0.2, 0.25) is 11.9 Å². The molecule has 1 amide bonds. The van der Waals surface area contributed by atoms with Gasteiger partial charge < -0.3 is 0 Å². The van der Waals surface area contributed by atoms with Gasteiger partial charge in [-0.1, -0.05) is 13.8 Å². The number of pyridine rings is 1. The first-order valence-electron chi connectivity index (χ1n) is 5.67. The largest absolute Gasteiger partial charge is 0.293 e. The third-order valence-electron chi connectivity index (χ3n) is 2.34. The minimum absolute atomic E-state index is 0.0485. The Labute approximate surface area is 99.9 Å². The summed E-state index contributed by atoms with van der Waals surface area (Å²) >= 11 is 0. The number of nitrogens with zero attached hydrogens (tertiary/aromatic N) is 3. The van der Waals surface area contributed by atoms with Crippen molar-refractivity contribution in [3.05, 3.63) is 23.9 Å². The molecule has 0 radical (unpaired) electrons. The number of hydrogen-bond acceptors (Lipinski definition) is 3. The quantitative estimate of drug-likeness (QED) is 0.880. The Bertz CT molecular complexity index is 544. The molecule has 0 bridgehead atoms. The van der Waals surface area contributed by atoms with E-state index in [2.05, 4.69) is 15.4 Å². The highest BCUT2D eigenvalue weighted by molar-refractivity contribution is 5.89. The molecule has 0 fully saturated rings. The Morgan fingerprint density at radius 3 is 3.00 bits per heavy atom. The van der Waals surface area contributed by atoms with Gasteiger partial charge in [0.05, 0.1) is 0 Å². The lowest BCUT2D eigenvalue weighted by Gasteiger charge is -2.02. The topological polar surface area (TPSA) is 59.3 Å². The lowest BCUT2D eigenvalue weighted by atomic mass is 10.1. The van der Waals surface area contributed by atoms with Crippen molar-refractivity contribution in [1.82, 2.24) is 14.6 Å². The number of aryl methyl sites for hydroxylation is 1. The number of rotatable bonds is 3. The van der Waals surface area contributed by atoms with Crippen molar-refractivity contribution in [1.29, 1.82) is 0 Å². The van der Waals surface area contributed by atoms with Crippen LogP contribution >= 0.6 is 0 Å². The van der Waals surface area contributed by atoms with Gasteiger partial charge in [0.1, 0.15) is 0 Å². The summed E-state index contributed by atoms with van der Waals surface area (Å²) in [5.41, 5.74) is 1.86. The van der Waals surface area contributed by atoms with Crippen LogP contribution in [-0.4, -0.2) is 20.5 Å². The maximum absolute atomic E-state index is 11.6. The SMILES string of the molecule is Cc1ccn2nc(NC(=O)CC(C)C)nc2c1. The van der Waals surface area contributed by atoms with Crippen molar-refractivity contribution in [2.24, 2.45) is 5.92 Å². The molecule has 0 atom stereocenters. The molecule has 0 aliphatic heterocycles. The van der Waals surface area contributed by atoms with Gasteiger partial charge in [0, 0.05) is 12.6 Å². The molecule has 90 valence electrons. The molecule has 5 nitrogen and oxygen atoms in total. The second-order valence-electron chi connectivity index (χ2n) is 4.59. The van der Waals surface area contributed by atoms with E-state index in [1.54, 1.807) is 4.52 Å². The molecule has 2 rings (SSSR count). The van der Waals surface area contributed by atoms with Crippen LogP contribution in [0.1, 0.15) is 25.8 Å². The van der Waals surface area contributed by atoms with E-state index in [4.69, 9.17) is 0 Å². The molecular weight excluding hydrogens is 216 g/mol. The molecule has 5 heteroatoms. The van der Waals surface area contributed by atoms with Crippen LogP contribution in [-0.2, 0) is 4.79 Å². The van der Waals surface area contributed by atoms with Crippen LogP contribution in [0, 0.1) is 12.8 Å². The monoisotopic (exact) mass is 232 g/mol. The van der Waals surface area contributed by atoms with E-state index in [0.29, 0.717) is 18.3 Å². The normalized spacial score (nSPS) is 11.1. The maximum Gasteiger partial charge on any atom is 0.249 e. The lowest BCUT2D eigenvalue weighted by Crippen LogP contribution is -2.14. The fourth-order valence-corrected chi connectivity index (χ4v) is 1.58. The van der Waals surface area contributed by atoms with E-state index in [1.165, 1.54) is 0 Å². The van der Waals surface area contributed by atoms with Crippen LogP contribution in [0.5, 0.6) is 0 Å². The van der Waals surface area contributed by atoms with Gasteiger partial charge in [0.25, 0.3) is 0 Å². The number of fused-ring (bicyclic) bond motifs is 1. The first-order valence-corrected chi connectivity index (χ1v) is 5.67. The molecular formula is C12H16N4O. The number of anilines is 1. The van der Waals surface area contributed by atoms with Gasteiger partial charge in [-0.25, -0.2) is 4.52 Å². The maximum atomic E-state index is 11.6. The smallest absolute Gasteiger partial charge is 0.249 e. The number of hydrogen-bond donors (Lipinski definition) is 1. The van der Waals surface area contributed by atoms with E-state index in [-0.39, 0.29) is 5.91 Å². The van der Waals surface area contributed by atoms with Crippen LogP contribution in [0.3, 0.4) is 0 Å². The highest BCUT2D eigenvalue weighted by Gasteiger charge is 2.09. The zero-order chi connectivity index (χ0) is 12.4. The third kappa shape index (κ3) is 2.81. The molecule has 1 N–H and O–H groups in total. The Kier molecular flexibility index (Phi) is 3.08. The molecule has 0 saturated carbocycles. The van der Waals surface area contributed by atoms with Crippen molar-refractivity contribution < 1.29 is 4.79 Å². The molecule has 2 aromatic rings. The Balaban J connectivity index is 2.17. The number of aromatic nitrogens is 3. The van der Waals surface area contributed by atoms with Crippen molar-refractivity contribution >= 4 is 17.5 Å². The van der Waals surface area contributed by atoms with Gasteiger partial charge in [-0.3, -0.25) is 10.1 Å². The molecule has 2 aromatic heterocycles. The summed E-state index contributed by atoms with van der Waals surface area (Å²) in [5, 5.41) is 6.87. The highest BCUT2D eigenvalue weighted by atomic mass is 16.1. The lowest BCUT2D eigenvalue weighted by molar-refractivity contribution is -0.116. The molecule has 0 spiro atoms. The van der Waals surface area contributed by atoms with Gasteiger partial charge in [0.15, 0.2) is 5.65 Å². The molecule has 2 heterocycles. The van der Waals surface area contributed by atoms with E-state index < -0.39 is 0 Å². The summed E-state index contributed by atoms with van der Waals surface area (Å²) in [6.07, 6.45) is 2.31. The number of nitrogens with one attached hydrogen (secondary N) is 1. The molecule has 0 aliphatic rings. The molecule has 0 aliphatic carbocycles. The minimum Gasteiger partial charge on any atom is -0.293 e. The van der Waals surface area contributed by atoms with Crippen molar-refractivity contribution in [2.45, 2.75) is 27.2 Å². The van der Waals surface area contributed by atoms with Crippen LogP contribution in [0.15, 0.2) is 18.3 Å². The molecule has 0 saturated heterocycles. The standard InChI is InChI=1S/C12H16N4O/c1-8(2)6-11(17)14-12-13-10-7-9(3)4-5-16(10)15-12/h4-5,7-8H,6H2,1-3H3,(H,14,15,17). The zero-order valence-corrected chi connectivity index (χ0v) is 10.3. The third-order valence-corrected chi connectivity index (χ3v) is 2.34. The zero-order valence-electron chi connectivity index (χ0n) is 10.3. The van der Waals surface area contributed by atoms with Gasteiger partial charge in [-0.2, -0.15) is 4.98 Å². The van der Waals surface area contributed by atoms with Crippen molar-refractivity contribution in [3.8, 4) is 0 Å². The number of carbonyl (C=O) groups excluding carboxylic acids is 1. The predicted octanol–water partition coefficient (Wildman–Crippen LogP) is 2.02. The van der Waals surface area contributed by atoms with E-state index in [1.807, 2.05) is 39.1 Å². The van der Waals surface area contributed by atoms with Crippen LogP contribution in [0.25, 0.3) is 5.65 Å². The second kappa shape index (κ2) is 4.53. The molecule has 0 unspecified atom stereocenters. The second-order valence-corrected chi connectivity index (χ2v) is 4.59. The highest BCUT2D eigenvalue weighted by Crippen LogP contribution is 2.08.